The molecule has 3 aromatic rings. The van der Waals surface area contributed by atoms with Crippen molar-refractivity contribution < 1.29 is 14.7 Å². The Morgan fingerprint density at radius 3 is 2.43 bits per heavy atom. The summed E-state index contributed by atoms with van der Waals surface area (Å²) in [5, 5.41) is 12.6. The summed E-state index contributed by atoms with van der Waals surface area (Å²) in [6.07, 6.45) is 2.19. The molecule has 0 aliphatic heterocycles. The van der Waals surface area contributed by atoms with Gasteiger partial charge in [-0.2, -0.15) is 0 Å². The van der Waals surface area contributed by atoms with Crippen molar-refractivity contribution in [1.82, 2.24) is 14.9 Å². The van der Waals surface area contributed by atoms with Gasteiger partial charge >= 0.3 is 5.97 Å². The zero-order valence-corrected chi connectivity index (χ0v) is 17.0. The largest absolute Gasteiger partial charge is 0.480 e. The van der Waals surface area contributed by atoms with Crippen molar-refractivity contribution in [2.24, 2.45) is 5.92 Å². The van der Waals surface area contributed by atoms with Gasteiger partial charge in [0.2, 0.25) is 5.91 Å². The molecule has 3 unspecified atom stereocenters. The fourth-order valence-electron chi connectivity index (χ4n) is 3.39. The highest BCUT2D eigenvalue weighted by Crippen LogP contribution is 2.17. The van der Waals surface area contributed by atoms with E-state index in [1.54, 1.807) is 31.2 Å². The molecule has 2 N–H and O–H groups in total. The zero-order chi connectivity index (χ0) is 21.7. The average molecular weight is 407 g/mol. The molecule has 7 heteroatoms. The van der Waals surface area contributed by atoms with Crippen LogP contribution < -0.4 is 10.9 Å². The lowest BCUT2D eigenvalue weighted by Crippen LogP contribution is -2.49. The molecule has 1 heterocycles. The van der Waals surface area contributed by atoms with Crippen molar-refractivity contribution in [3.63, 3.8) is 0 Å². The maximum atomic E-state index is 13.2. The number of carbonyl (C=O) groups excluding carboxylic acids is 1. The molecule has 0 aliphatic carbocycles. The molecule has 1 amide bonds. The van der Waals surface area contributed by atoms with Gasteiger partial charge in [-0.25, -0.2) is 9.78 Å². The van der Waals surface area contributed by atoms with Crippen molar-refractivity contribution in [1.29, 1.82) is 0 Å². The monoisotopic (exact) mass is 407 g/mol. The molecule has 156 valence electrons. The van der Waals surface area contributed by atoms with E-state index >= 15 is 0 Å². The molecular formula is C23H25N3O4. The van der Waals surface area contributed by atoms with E-state index in [1.165, 1.54) is 10.9 Å². The number of carbonyl (C=O) groups is 2. The number of aromatic nitrogens is 2. The minimum absolute atomic E-state index is 0.236. The van der Waals surface area contributed by atoms with E-state index in [2.05, 4.69) is 10.3 Å². The summed E-state index contributed by atoms with van der Waals surface area (Å²) in [5.74, 6) is -1.87. The first-order valence-corrected chi connectivity index (χ1v) is 9.95. The van der Waals surface area contributed by atoms with Gasteiger partial charge in [-0.15, -0.1) is 0 Å². The van der Waals surface area contributed by atoms with Crippen molar-refractivity contribution in [3.05, 3.63) is 76.8 Å². The average Bonchev–Trinajstić information content (AvgIpc) is 2.76. The van der Waals surface area contributed by atoms with Gasteiger partial charge in [-0.3, -0.25) is 14.2 Å². The molecule has 0 saturated heterocycles. The van der Waals surface area contributed by atoms with E-state index in [9.17, 15) is 19.5 Å². The minimum Gasteiger partial charge on any atom is -0.480 e. The van der Waals surface area contributed by atoms with Crippen molar-refractivity contribution in [3.8, 4) is 0 Å². The molecule has 30 heavy (non-hydrogen) atoms. The molecule has 0 bridgehead atoms. The molecule has 0 aliphatic rings. The van der Waals surface area contributed by atoms with Crippen LogP contribution >= 0.6 is 0 Å². The number of carboxylic acids is 1. The fraction of sp³-hybridized carbons (Fsp3) is 0.304. The molecule has 0 radical (unpaired) electrons. The van der Waals surface area contributed by atoms with Crippen LogP contribution in [0.2, 0.25) is 0 Å². The maximum absolute atomic E-state index is 13.2. The van der Waals surface area contributed by atoms with E-state index in [-0.39, 0.29) is 17.9 Å². The molecule has 0 spiro atoms. The number of para-hydroxylation sites is 1. The van der Waals surface area contributed by atoms with Crippen LogP contribution in [0.15, 0.2) is 65.7 Å². The number of fused-ring (bicyclic) bond motifs is 1. The lowest BCUT2D eigenvalue weighted by Gasteiger charge is -2.25. The number of aliphatic carboxylic acids is 1. The Labute approximate surface area is 174 Å². The summed E-state index contributed by atoms with van der Waals surface area (Å²) < 4.78 is 1.29. The van der Waals surface area contributed by atoms with Gasteiger partial charge in [0.05, 0.1) is 17.2 Å². The number of carboxylic acid groups (broad SMARTS) is 1. The third kappa shape index (κ3) is 4.56. The van der Waals surface area contributed by atoms with Gasteiger partial charge in [-0.1, -0.05) is 62.7 Å². The molecule has 3 atom stereocenters. The number of rotatable bonds is 8. The number of benzene rings is 2. The van der Waals surface area contributed by atoms with Crippen molar-refractivity contribution in [2.45, 2.75) is 38.8 Å². The van der Waals surface area contributed by atoms with Crippen LogP contribution in [-0.4, -0.2) is 32.6 Å². The lowest BCUT2D eigenvalue weighted by molar-refractivity contribution is -0.143. The van der Waals surface area contributed by atoms with Crippen molar-refractivity contribution in [2.75, 3.05) is 0 Å². The summed E-state index contributed by atoms with van der Waals surface area (Å²) in [5.41, 5.74) is 1.06. The third-order valence-electron chi connectivity index (χ3n) is 5.38. The van der Waals surface area contributed by atoms with Crippen LogP contribution in [0.25, 0.3) is 10.9 Å². The first kappa shape index (κ1) is 21.2. The standard InChI is InChI=1S/C23H25N3O4/c1-3-15(2)20(23(29)30)25-21(27)19(13-16-9-5-4-6-10-16)26-14-24-18-12-8-7-11-17(18)22(26)28/h4-12,14-15,19-20H,3,13H2,1-2H3,(H,25,27)(H,29,30). The molecule has 0 saturated carbocycles. The first-order chi connectivity index (χ1) is 14.4. The molecule has 3 rings (SSSR count). The predicted octanol–water partition coefficient (Wildman–Crippen LogP) is 2.80. The SMILES string of the molecule is CCC(C)C(NC(=O)C(Cc1ccccc1)n1cnc2ccccc2c1=O)C(=O)O. The fourth-order valence-corrected chi connectivity index (χ4v) is 3.39. The third-order valence-corrected chi connectivity index (χ3v) is 5.38. The van der Waals surface area contributed by atoms with E-state index in [1.807, 2.05) is 37.3 Å². The number of hydrogen-bond donors (Lipinski definition) is 2. The van der Waals surface area contributed by atoms with Gasteiger partial charge in [0, 0.05) is 6.42 Å². The predicted molar refractivity (Wildman–Crippen MR) is 114 cm³/mol. The second-order valence-electron chi connectivity index (χ2n) is 7.39. The molecule has 0 fully saturated rings. The Balaban J connectivity index is 2.03. The van der Waals surface area contributed by atoms with Crippen LogP contribution in [0.3, 0.4) is 0 Å². The quantitative estimate of drug-likeness (QED) is 0.598. The summed E-state index contributed by atoms with van der Waals surface area (Å²) in [4.78, 5) is 42.3. The molecule has 1 aromatic heterocycles. The number of nitrogens with zero attached hydrogens (tertiary/aromatic N) is 2. The molecule has 2 aromatic carbocycles. The van der Waals surface area contributed by atoms with E-state index < -0.39 is 24.0 Å². The second-order valence-corrected chi connectivity index (χ2v) is 7.39. The number of hydrogen-bond acceptors (Lipinski definition) is 4. The smallest absolute Gasteiger partial charge is 0.326 e. The maximum Gasteiger partial charge on any atom is 0.326 e. The van der Waals surface area contributed by atoms with E-state index in [0.717, 1.165) is 5.56 Å². The second kappa shape index (κ2) is 9.35. The van der Waals surface area contributed by atoms with Gasteiger partial charge in [0.25, 0.3) is 5.56 Å². The highest BCUT2D eigenvalue weighted by Gasteiger charge is 2.30. The highest BCUT2D eigenvalue weighted by atomic mass is 16.4. The van der Waals surface area contributed by atoms with Crippen LogP contribution in [-0.2, 0) is 16.0 Å². The van der Waals surface area contributed by atoms with E-state index in [4.69, 9.17) is 0 Å². The van der Waals surface area contributed by atoms with Crippen LogP contribution in [0, 0.1) is 5.92 Å². The Bertz CT molecular complexity index is 1090. The van der Waals surface area contributed by atoms with Crippen molar-refractivity contribution >= 4 is 22.8 Å². The first-order valence-electron chi connectivity index (χ1n) is 9.95. The van der Waals surface area contributed by atoms with Crippen LogP contribution in [0.1, 0.15) is 31.9 Å². The lowest BCUT2D eigenvalue weighted by atomic mass is 9.98. The van der Waals surface area contributed by atoms with Crippen LogP contribution in [0.4, 0.5) is 0 Å². The highest BCUT2D eigenvalue weighted by molar-refractivity contribution is 5.86. The summed E-state index contributed by atoms with van der Waals surface area (Å²) in [6.45, 7) is 3.64. The Kier molecular flexibility index (Phi) is 6.61. The van der Waals surface area contributed by atoms with Gasteiger partial charge in [0.15, 0.2) is 0 Å². The van der Waals surface area contributed by atoms with Gasteiger partial charge in [0.1, 0.15) is 12.1 Å². The molecule has 7 nitrogen and oxygen atoms in total. The number of nitrogens with one attached hydrogen (secondary N) is 1. The Morgan fingerprint density at radius 1 is 1.10 bits per heavy atom. The minimum atomic E-state index is -1.10. The summed E-state index contributed by atoms with van der Waals surface area (Å²) in [7, 11) is 0. The summed E-state index contributed by atoms with van der Waals surface area (Å²) in [6, 6.07) is 14.3. The topological polar surface area (TPSA) is 101 Å². The number of amides is 1. The van der Waals surface area contributed by atoms with E-state index in [0.29, 0.717) is 17.3 Å². The Morgan fingerprint density at radius 2 is 1.77 bits per heavy atom. The zero-order valence-electron chi connectivity index (χ0n) is 17.0. The summed E-state index contributed by atoms with van der Waals surface area (Å²) >= 11 is 0. The Hall–Kier alpha value is -3.48. The normalized spacial score (nSPS) is 14.1. The van der Waals surface area contributed by atoms with Crippen LogP contribution in [0.5, 0.6) is 0 Å². The van der Waals surface area contributed by atoms with Gasteiger partial charge in [-0.05, 0) is 23.6 Å². The molecular weight excluding hydrogens is 382 g/mol. The van der Waals surface area contributed by atoms with Gasteiger partial charge < -0.3 is 10.4 Å².